The van der Waals surface area contributed by atoms with Crippen LogP contribution in [0.25, 0.3) is 11.8 Å². The van der Waals surface area contributed by atoms with E-state index >= 15 is 0 Å². The molecule has 3 rings (SSSR count). The van der Waals surface area contributed by atoms with Crippen molar-refractivity contribution in [2.75, 3.05) is 13.7 Å². The number of aromatic nitrogens is 1. The van der Waals surface area contributed by atoms with Gasteiger partial charge in [-0.15, -0.1) is 0 Å². The first kappa shape index (κ1) is 19.5. The number of carbonyl (C=O) groups excluding carboxylic acids is 1. The van der Waals surface area contributed by atoms with E-state index < -0.39 is 5.97 Å². The molecule has 146 valence electrons. The summed E-state index contributed by atoms with van der Waals surface area (Å²) in [5, 5.41) is 10.4. The lowest BCUT2D eigenvalue weighted by molar-refractivity contribution is -0.135. The smallest absolute Gasteiger partial charge is 0.343 e. The van der Waals surface area contributed by atoms with E-state index in [4.69, 9.17) is 9.47 Å². The standard InChI is InChI=1S/C22H24N2O4/c1-6-28-18-9-7-17(8-10-18)24-13(2)11-16(15(24)4)12-19-21(25)20(14(3)23-19)22(26)27-5/h7-12,25H,6H2,1-5H3/b19-12-. The maximum Gasteiger partial charge on any atom is 0.343 e. The minimum Gasteiger partial charge on any atom is -0.505 e. The monoisotopic (exact) mass is 380 g/mol. The zero-order chi connectivity index (χ0) is 20.4. The Bertz CT molecular complexity index is 1010. The van der Waals surface area contributed by atoms with Crippen molar-refractivity contribution in [3.63, 3.8) is 0 Å². The molecule has 2 heterocycles. The zero-order valence-electron chi connectivity index (χ0n) is 16.7. The highest BCUT2D eigenvalue weighted by atomic mass is 16.5. The Labute approximate surface area is 164 Å². The molecule has 0 aliphatic carbocycles. The average molecular weight is 380 g/mol. The summed E-state index contributed by atoms with van der Waals surface area (Å²) in [6.45, 7) is 8.28. The van der Waals surface area contributed by atoms with Gasteiger partial charge in [0.1, 0.15) is 17.0 Å². The number of nitrogens with zero attached hydrogens (tertiary/aromatic N) is 2. The summed E-state index contributed by atoms with van der Waals surface area (Å²) in [5.74, 6) is 0.0782. The minimum absolute atomic E-state index is 0.106. The highest BCUT2D eigenvalue weighted by Crippen LogP contribution is 2.29. The topological polar surface area (TPSA) is 73.1 Å². The van der Waals surface area contributed by atoms with Crippen molar-refractivity contribution in [3.05, 3.63) is 64.3 Å². The molecule has 0 atom stereocenters. The van der Waals surface area contributed by atoms with Crippen LogP contribution in [0, 0.1) is 13.8 Å². The fourth-order valence-corrected chi connectivity index (χ4v) is 3.37. The van der Waals surface area contributed by atoms with Gasteiger partial charge in [-0.05, 0) is 69.7 Å². The van der Waals surface area contributed by atoms with Crippen LogP contribution in [0.2, 0.25) is 0 Å². The molecule has 6 nitrogen and oxygen atoms in total. The number of carbonyl (C=O) groups is 1. The van der Waals surface area contributed by atoms with E-state index in [1.165, 1.54) is 7.11 Å². The maximum atomic E-state index is 11.9. The second-order valence-corrected chi connectivity index (χ2v) is 6.53. The van der Waals surface area contributed by atoms with E-state index in [2.05, 4.69) is 9.56 Å². The van der Waals surface area contributed by atoms with Gasteiger partial charge >= 0.3 is 5.97 Å². The Morgan fingerprint density at radius 1 is 1.21 bits per heavy atom. The summed E-state index contributed by atoms with van der Waals surface area (Å²) in [7, 11) is 1.28. The molecule has 6 heteroatoms. The molecule has 0 unspecified atom stereocenters. The summed E-state index contributed by atoms with van der Waals surface area (Å²) < 4.78 is 12.4. The highest BCUT2D eigenvalue weighted by molar-refractivity contribution is 6.22. The zero-order valence-corrected chi connectivity index (χ0v) is 16.7. The molecule has 0 bridgehead atoms. The SMILES string of the molecule is CCOc1ccc(-n2c(C)cc(/C=C3\N=C(C)C(C(=O)OC)=C3O)c2C)cc1. The summed E-state index contributed by atoms with van der Waals surface area (Å²) in [6, 6.07) is 9.92. The largest absolute Gasteiger partial charge is 0.505 e. The van der Waals surface area contributed by atoms with Gasteiger partial charge in [0, 0.05) is 17.1 Å². The number of aliphatic hydroxyl groups excluding tert-OH is 1. The maximum absolute atomic E-state index is 11.9. The fraction of sp³-hybridized carbons (Fsp3) is 0.273. The Hall–Kier alpha value is -3.28. The van der Waals surface area contributed by atoms with E-state index in [0.717, 1.165) is 28.4 Å². The summed E-state index contributed by atoms with van der Waals surface area (Å²) in [5.41, 5.74) is 4.87. The third-order valence-corrected chi connectivity index (χ3v) is 4.69. The number of aliphatic imine (C=N–C) groups is 1. The number of aryl methyl sites for hydroxylation is 1. The molecule has 0 saturated carbocycles. The second-order valence-electron chi connectivity index (χ2n) is 6.53. The van der Waals surface area contributed by atoms with Gasteiger partial charge in [0.25, 0.3) is 0 Å². The van der Waals surface area contributed by atoms with Gasteiger partial charge in [-0.3, -0.25) is 0 Å². The van der Waals surface area contributed by atoms with Crippen molar-refractivity contribution in [3.8, 4) is 11.4 Å². The summed E-state index contributed by atoms with van der Waals surface area (Å²) in [4.78, 5) is 16.2. The minimum atomic E-state index is -0.595. The molecule has 0 amide bonds. The predicted octanol–water partition coefficient (Wildman–Crippen LogP) is 4.29. The van der Waals surface area contributed by atoms with Gasteiger partial charge in [-0.25, -0.2) is 9.79 Å². The number of hydrogen-bond donors (Lipinski definition) is 1. The molecule has 0 spiro atoms. The normalized spacial score (nSPS) is 15.2. The molecule has 0 fully saturated rings. The molecular weight excluding hydrogens is 356 g/mol. The van der Waals surface area contributed by atoms with E-state index in [1.54, 1.807) is 13.0 Å². The third-order valence-electron chi connectivity index (χ3n) is 4.69. The Kier molecular flexibility index (Phi) is 5.40. The number of ether oxygens (including phenoxy) is 2. The Morgan fingerprint density at radius 2 is 1.89 bits per heavy atom. The Balaban J connectivity index is 2.00. The lowest BCUT2D eigenvalue weighted by Gasteiger charge is -2.11. The molecular formula is C22H24N2O4. The first-order valence-electron chi connectivity index (χ1n) is 9.08. The molecule has 2 aromatic rings. The first-order valence-corrected chi connectivity index (χ1v) is 9.08. The molecule has 1 aromatic carbocycles. The quantitative estimate of drug-likeness (QED) is 0.785. The molecule has 0 radical (unpaired) electrons. The lowest BCUT2D eigenvalue weighted by atomic mass is 10.1. The number of aliphatic hydroxyl groups is 1. The number of methoxy groups -OCH3 is 1. The van der Waals surface area contributed by atoms with Crippen molar-refractivity contribution in [2.45, 2.75) is 27.7 Å². The van der Waals surface area contributed by atoms with Crippen molar-refractivity contribution in [1.29, 1.82) is 0 Å². The molecule has 1 aliphatic rings. The number of hydrogen-bond acceptors (Lipinski definition) is 5. The van der Waals surface area contributed by atoms with Crippen molar-refractivity contribution >= 4 is 17.8 Å². The Morgan fingerprint density at radius 3 is 2.50 bits per heavy atom. The van der Waals surface area contributed by atoms with Crippen molar-refractivity contribution in [1.82, 2.24) is 4.57 Å². The van der Waals surface area contributed by atoms with Crippen LogP contribution in [0.5, 0.6) is 5.75 Å². The first-order chi connectivity index (χ1) is 13.4. The van der Waals surface area contributed by atoms with E-state index in [1.807, 2.05) is 51.1 Å². The number of benzene rings is 1. The van der Waals surface area contributed by atoms with Crippen LogP contribution >= 0.6 is 0 Å². The van der Waals surface area contributed by atoms with Crippen LogP contribution in [-0.2, 0) is 9.53 Å². The van der Waals surface area contributed by atoms with Gasteiger partial charge in [0.05, 0.1) is 19.4 Å². The van der Waals surface area contributed by atoms with Crippen molar-refractivity contribution in [2.24, 2.45) is 4.99 Å². The summed E-state index contributed by atoms with van der Waals surface area (Å²) >= 11 is 0. The van der Waals surface area contributed by atoms with Crippen LogP contribution in [0.15, 0.2) is 52.4 Å². The van der Waals surface area contributed by atoms with E-state index in [-0.39, 0.29) is 11.3 Å². The molecule has 1 aromatic heterocycles. The van der Waals surface area contributed by atoms with E-state index in [0.29, 0.717) is 18.0 Å². The molecule has 1 N–H and O–H groups in total. The predicted molar refractivity (Wildman–Crippen MR) is 109 cm³/mol. The van der Waals surface area contributed by atoms with Crippen LogP contribution in [0.4, 0.5) is 0 Å². The third kappa shape index (κ3) is 3.45. The van der Waals surface area contributed by atoms with Gasteiger partial charge in [0.2, 0.25) is 0 Å². The summed E-state index contributed by atoms with van der Waals surface area (Å²) in [6.07, 6.45) is 1.78. The number of esters is 1. The van der Waals surface area contributed by atoms with Gasteiger partial charge < -0.3 is 19.1 Å². The molecule has 28 heavy (non-hydrogen) atoms. The highest BCUT2D eigenvalue weighted by Gasteiger charge is 2.27. The van der Waals surface area contributed by atoms with Crippen LogP contribution in [-0.4, -0.2) is 35.1 Å². The lowest BCUT2D eigenvalue weighted by Crippen LogP contribution is -2.11. The fourth-order valence-electron chi connectivity index (χ4n) is 3.37. The van der Waals surface area contributed by atoms with Crippen LogP contribution in [0.3, 0.4) is 0 Å². The molecule has 1 aliphatic heterocycles. The second kappa shape index (κ2) is 7.76. The van der Waals surface area contributed by atoms with E-state index in [9.17, 15) is 9.90 Å². The van der Waals surface area contributed by atoms with Gasteiger partial charge in [0.15, 0.2) is 5.76 Å². The average Bonchev–Trinajstić information content (AvgIpc) is 3.11. The van der Waals surface area contributed by atoms with Crippen LogP contribution in [0.1, 0.15) is 30.8 Å². The van der Waals surface area contributed by atoms with Gasteiger partial charge in [-0.2, -0.15) is 0 Å². The van der Waals surface area contributed by atoms with Crippen LogP contribution < -0.4 is 4.74 Å². The van der Waals surface area contributed by atoms with Gasteiger partial charge in [-0.1, -0.05) is 0 Å². The molecule has 0 saturated heterocycles. The van der Waals surface area contributed by atoms with Crippen molar-refractivity contribution < 1.29 is 19.4 Å². The number of rotatable bonds is 5.